The first-order valence-electron chi connectivity index (χ1n) is 2.11. The third-order valence-corrected chi connectivity index (χ3v) is 1.01. The molecule has 5 heteroatoms. The molecule has 0 aromatic carbocycles. The van der Waals surface area contributed by atoms with Gasteiger partial charge in [0.05, 0.1) is 0 Å². The van der Waals surface area contributed by atoms with Crippen molar-refractivity contribution in [2.45, 2.75) is 19.0 Å². The predicted molar refractivity (Wildman–Crippen MR) is 26.4 cm³/mol. The fourth-order valence-electron chi connectivity index (χ4n) is 0.156. The van der Waals surface area contributed by atoms with Crippen LogP contribution in [-0.4, -0.2) is 17.3 Å². The highest BCUT2D eigenvalue weighted by molar-refractivity contribution is 6.65. The summed E-state index contributed by atoms with van der Waals surface area (Å²) in [6, 6.07) is 0. The summed E-state index contributed by atoms with van der Waals surface area (Å²) in [5, 5.41) is -1.96. The fraction of sp³-hybridized carbons (Fsp3) is 0.750. The molecule has 9 heavy (non-hydrogen) atoms. The van der Waals surface area contributed by atoms with Gasteiger partial charge in [0.2, 0.25) is 0 Å². The van der Waals surface area contributed by atoms with Crippen LogP contribution in [0.5, 0.6) is 0 Å². The van der Waals surface area contributed by atoms with Gasteiger partial charge in [-0.05, 0) is 18.5 Å². The highest BCUT2D eigenvalue weighted by Gasteiger charge is 2.44. The van der Waals surface area contributed by atoms with Crippen molar-refractivity contribution >= 4 is 16.8 Å². The molecular weight excluding hydrogens is 156 g/mol. The van der Waals surface area contributed by atoms with Crippen LogP contribution in [0.2, 0.25) is 0 Å². The molecule has 0 radical (unpaired) electrons. The Morgan fingerprint density at radius 2 is 2.00 bits per heavy atom. The van der Waals surface area contributed by atoms with E-state index in [4.69, 9.17) is 0 Å². The van der Waals surface area contributed by atoms with Crippen molar-refractivity contribution in [3.63, 3.8) is 0 Å². The number of hydrogen-bond donors (Lipinski definition) is 0. The Hall–Kier alpha value is -0.250. The molecule has 54 valence electrons. The van der Waals surface area contributed by atoms with Gasteiger partial charge in [0.1, 0.15) is 0 Å². The van der Waals surface area contributed by atoms with E-state index in [1.54, 1.807) is 0 Å². The van der Waals surface area contributed by atoms with Crippen LogP contribution in [-0.2, 0) is 4.79 Å². The Kier molecular flexibility index (Phi) is 2.49. The van der Waals surface area contributed by atoms with Gasteiger partial charge >= 0.3 is 5.92 Å². The van der Waals surface area contributed by atoms with E-state index in [9.17, 15) is 18.0 Å². The molecule has 1 atom stereocenters. The summed E-state index contributed by atoms with van der Waals surface area (Å²) < 4.78 is 35.3. The fourth-order valence-corrected chi connectivity index (χ4v) is 0.307. The van der Waals surface area contributed by atoms with Gasteiger partial charge in [0.15, 0.2) is 6.17 Å². The maximum absolute atomic E-state index is 11.8. The number of alkyl halides is 3. The van der Waals surface area contributed by atoms with Crippen LogP contribution in [0, 0.1) is 0 Å². The maximum Gasteiger partial charge on any atom is 0.350 e. The van der Waals surface area contributed by atoms with E-state index in [0.717, 1.165) is 0 Å². The second kappa shape index (κ2) is 2.56. The first-order chi connectivity index (χ1) is 3.89. The van der Waals surface area contributed by atoms with Gasteiger partial charge in [0.25, 0.3) is 5.24 Å². The van der Waals surface area contributed by atoms with Crippen molar-refractivity contribution in [2.75, 3.05) is 0 Å². The van der Waals surface area contributed by atoms with E-state index in [2.05, 4.69) is 11.6 Å². The van der Waals surface area contributed by atoms with Gasteiger partial charge in [-0.2, -0.15) is 8.78 Å². The summed E-state index contributed by atoms with van der Waals surface area (Å²) in [6.07, 6.45) is -2.53. The number of hydrogen-bond acceptors (Lipinski definition) is 1. The lowest BCUT2D eigenvalue weighted by atomic mass is 10.2. The molecule has 0 fully saturated rings. The Balaban J connectivity index is 4.19. The molecule has 0 aliphatic heterocycles. The van der Waals surface area contributed by atoms with Gasteiger partial charge in [-0.15, -0.1) is 0 Å². The Morgan fingerprint density at radius 3 is 2.00 bits per heavy atom. The second-order valence-electron chi connectivity index (χ2n) is 1.51. The van der Waals surface area contributed by atoms with Crippen molar-refractivity contribution in [1.29, 1.82) is 0 Å². The zero-order valence-electron chi connectivity index (χ0n) is 4.50. The summed E-state index contributed by atoms with van der Waals surface area (Å²) in [4.78, 5) is 9.68. The molecule has 0 aliphatic rings. The number of carbonyl (C=O) groups excluding carboxylic acids is 1. The summed E-state index contributed by atoms with van der Waals surface area (Å²) in [6.45, 7) is 0.570. The molecule has 1 unspecified atom stereocenters. The van der Waals surface area contributed by atoms with Crippen molar-refractivity contribution in [3.8, 4) is 0 Å². The Labute approximate surface area is 54.8 Å². The zero-order valence-corrected chi connectivity index (χ0v) is 5.25. The van der Waals surface area contributed by atoms with E-state index in [1.165, 1.54) is 0 Å². The molecule has 0 saturated carbocycles. The molecule has 0 aromatic heterocycles. The van der Waals surface area contributed by atoms with E-state index < -0.39 is 17.3 Å². The highest BCUT2D eigenvalue weighted by Crippen LogP contribution is 2.23. The topological polar surface area (TPSA) is 17.1 Å². The molecular formula is C4H4ClF3O. The normalized spacial score (nSPS) is 15.2. The van der Waals surface area contributed by atoms with Crippen LogP contribution in [0.15, 0.2) is 0 Å². The predicted octanol–water partition coefficient (Wildman–Crippen LogP) is 1.75. The molecule has 0 saturated heterocycles. The number of carbonyl (C=O) groups is 1. The van der Waals surface area contributed by atoms with Crippen molar-refractivity contribution < 1.29 is 18.0 Å². The molecule has 0 amide bonds. The van der Waals surface area contributed by atoms with E-state index in [1.807, 2.05) is 0 Å². The Bertz CT molecular complexity index is 123. The minimum absolute atomic E-state index is 0.570. The number of rotatable bonds is 2. The largest absolute Gasteiger partial charge is 0.350 e. The van der Waals surface area contributed by atoms with Gasteiger partial charge in [0, 0.05) is 0 Å². The van der Waals surface area contributed by atoms with Crippen LogP contribution >= 0.6 is 11.6 Å². The minimum Gasteiger partial charge on any atom is -0.274 e. The lowest BCUT2D eigenvalue weighted by Crippen LogP contribution is -2.33. The third-order valence-electron chi connectivity index (χ3n) is 0.762. The molecule has 0 rings (SSSR count). The molecule has 0 spiro atoms. The monoisotopic (exact) mass is 160 g/mol. The molecule has 0 heterocycles. The smallest absolute Gasteiger partial charge is 0.274 e. The van der Waals surface area contributed by atoms with E-state index in [-0.39, 0.29) is 0 Å². The maximum atomic E-state index is 11.8. The van der Waals surface area contributed by atoms with Gasteiger partial charge in [-0.25, -0.2) is 4.39 Å². The molecule has 0 bridgehead atoms. The highest BCUT2D eigenvalue weighted by atomic mass is 35.5. The average molecular weight is 161 g/mol. The Morgan fingerprint density at radius 1 is 1.67 bits per heavy atom. The van der Waals surface area contributed by atoms with Crippen molar-refractivity contribution in [2.24, 2.45) is 0 Å². The molecule has 0 aromatic rings. The summed E-state index contributed by atoms with van der Waals surface area (Å²) in [7, 11) is 0. The van der Waals surface area contributed by atoms with E-state index in [0.29, 0.717) is 6.92 Å². The third kappa shape index (κ3) is 1.86. The van der Waals surface area contributed by atoms with Gasteiger partial charge in [-0.3, -0.25) is 4.79 Å². The SMILES string of the molecule is CC(F)C(F)(F)C(=O)Cl. The first kappa shape index (κ1) is 8.75. The lowest BCUT2D eigenvalue weighted by molar-refractivity contribution is -0.142. The van der Waals surface area contributed by atoms with Gasteiger partial charge < -0.3 is 0 Å². The molecule has 0 N–H and O–H groups in total. The first-order valence-corrected chi connectivity index (χ1v) is 2.48. The van der Waals surface area contributed by atoms with E-state index >= 15 is 0 Å². The van der Waals surface area contributed by atoms with Crippen molar-refractivity contribution in [3.05, 3.63) is 0 Å². The average Bonchev–Trinajstić information content (AvgIpc) is 1.65. The number of halogens is 4. The minimum atomic E-state index is -4.04. The van der Waals surface area contributed by atoms with Crippen LogP contribution in [0.3, 0.4) is 0 Å². The summed E-state index contributed by atoms with van der Waals surface area (Å²) in [5.74, 6) is -4.04. The lowest BCUT2D eigenvalue weighted by Gasteiger charge is -2.10. The summed E-state index contributed by atoms with van der Waals surface area (Å²) >= 11 is 4.34. The van der Waals surface area contributed by atoms with Crippen LogP contribution in [0.4, 0.5) is 13.2 Å². The molecule has 1 nitrogen and oxygen atoms in total. The van der Waals surface area contributed by atoms with Crippen LogP contribution < -0.4 is 0 Å². The van der Waals surface area contributed by atoms with Crippen molar-refractivity contribution in [1.82, 2.24) is 0 Å². The summed E-state index contributed by atoms with van der Waals surface area (Å²) in [5.41, 5.74) is 0. The zero-order chi connectivity index (χ0) is 7.65. The van der Waals surface area contributed by atoms with Crippen LogP contribution in [0.1, 0.15) is 6.92 Å². The second-order valence-corrected chi connectivity index (χ2v) is 1.86. The molecule has 0 aliphatic carbocycles. The quantitative estimate of drug-likeness (QED) is 0.563. The van der Waals surface area contributed by atoms with Gasteiger partial charge in [-0.1, -0.05) is 0 Å². The van der Waals surface area contributed by atoms with Crippen LogP contribution in [0.25, 0.3) is 0 Å². The standard InChI is InChI=1S/C4H4ClF3O/c1-2(6)4(7,8)3(5)9/h2H,1H3.